The summed E-state index contributed by atoms with van der Waals surface area (Å²) in [5.74, 6) is 0.112. The number of alkyl halides is 2. The monoisotopic (exact) mass is 336 g/mol. The lowest BCUT2D eigenvalue weighted by molar-refractivity contribution is -0.114. The molecule has 0 unspecified atom stereocenters. The van der Waals surface area contributed by atoms with Crippen LogP contribution in [-0.2, 0) is 11.3 Å². The van der Waals surface area contributed by atoms with Gasteiger partial charge in [-0.15, -0.1) is 0 Å². The Bertz CT molecular complexity index is 691. The maximum atomic E-state index is 12.3. The van der Waals surface area contributed by atoms with E-state index in [4.69, 9.17) is 4.74 Å². The Morgan fingerprint density at radius 1 is 1.08 bits per heavy atom. The summed E-state index contributed by atoms with van der Waals surface area (Å²) in [4.78, 5) is 11.0. The number of amides is 1. The number of carbonyl (C=O) groups excluding carboxylic acids is 1. The van der Waals surface area contributed by atoms with Crippen molar-refractivity contribution in [1.82, 2.24) is 0 Å². The molecular weight excluding hydrogens is 318 g/mol. The van der Waals surface area contributed by atoms with E-state index in [2.05, 4.69) is 15.4 Å². The van der Waals surface area contributed by atoms with Gasteiger partial charge in [0, 0.05) is 24.8 Å². The van der Waals surface area contributed by atoms with Gasteiger partial charge < -0.3 is 20.1 Å². The molecule has 2 aromatic rings. The van der Waals surface area contributed by atoms with Gasteiger partial charge in [-0.05, 0) is 42.0 Å². The van der Waals surface area contributed by atoms with Crippen molar-refractivity contribution in [2.75, 3.05) is 17.7 Å². The molecule has 2 rings (SSSR count). The molecule has 0 radical (unpaired) electrons. The molecule has 5 nitrogen and oxygen atoms in total. The number of benzene rings is 2. The third-order valence-electron chi connectivity index (χ3n) is 3.15. The van der Waals surface area contributed by atoms with E-state index in [1.807, 2.05) is 12.1 Å². The van der Waals surface area contributed by atoms with Crippen LogP contribution in [0.1, 0.15) is 12.5 Å². The first kappa shape index (κ1) is 17.5. The van der Waals surface area contributed by atoms with Crippen LogP contribution in [0.5, 0.6) is 11.5 Å². The predicted molar refractivity (Wildman–Crippen MR) is 87.7 cm³/mol. The van der Waals surface area contributed by atoms with Crippen molar-refractivity contribution in [1.29, 1.82) is 0 Å². The van der Waals surface area contributed by atoms with Crippen molar-refractivity contribution in [2.24, 2.45) is 0 Å². The van der Waals surface area contributed by atoms with E-state index < -0.39 is 6.61 Å². The van der Waals surface area contributed by atoms with E-state index in [9.17, 15) is 13.6 Å². The average molecular weight is 336 g/mol. The van der Waals surface area contributed by atoms with Crippen LogP contribution in [0.25, 0.3) is 0 Å². The SMILES string of the molecule is COc1cc(CNc2ccc(NC(C)=O)cc2)ccc1OC(F)F. The molecule has 24 heavy (non-hydrogen) atoms. The molecule has 2 N–H and O–H groups in total. The highest BCUT2D eigenvalue weighted by Gasteiger charge is 2.11. The Balaban J connectivity index is 1.99. The summed E-state index contributed by atoms with van der Waals surface area (Å²) in [6, 6.07) is 12.0. The molecule has 0 saturated carbocycles. The van der Waals surface area contributed by atoms with Crippen LogP contribution in [0.3, 0.4) is 0 Å². The molecule has 2 aromatic carbocycles. The normalized spacial score (nSPS) is 10.4. The van der Waals surface area contributed by atoms with Gasteiger partial charge >= 0.3 is 6.61 Å². The Hall–Kier alpha value is -2.83. The Morgan fingerprint density at radius 2 is 1.75 bits per heavy atom. The Morgan fingerprint density at radius 3 is 2.33 bits per heavy atom. The lowest BCUT2D eigenvalue weighted by atomic mass is 10.2. The number of hydrogen-bond donors (Lipinski definition) is 2. The van der Waals surface area contributed by atoms with Crippen LogP contribution in [0.2, 0.25) is 0 Å². The van der Waals surface area contributed by atoms with Crippen LogP contribution in [0, 0.1) is 0 Å². The van der Waals surface area contributed by atoms with Crippen LogP contribution in [0.4, 0.5) is 20.2 Å². The summed E-state index contributed by atoms with van der Waals surface area (Å²) >= 11 is 0. The maximum Gasteiger partial charge on any atom is 0.387 e. The number of carbonyl (C=O) groups is 1. The molecule has 128 valence electrons. The second kappa shape index (κ2) is 8.14. The smallest absolute Gasteiger partial charge is 0.387 e. The Labute approximate surface area is 138 Å². The van der Waals surface area contributed by atoms with Gasteiger partial charge in [-0.3, -0.25) is 4.79 Å². The predicted octanol–water partition coefficient (Wildman–Crippen LogP) is 3.87. The van der Waals surface area contributed by atoms with Crippen LogP contribution < -0.4 is 20.1 Å². The molecular formula is C17H18F2N2O3. The number of halogens is 2. The van der Waals surface area contributed by atoms with Gasteiger partial charge in [-0.2, -0.15) is 8.78 Å². The molecule has 0 aliphatic rings. The van der Waals surface area contributed by atoms with Crippen molar-refractivity contribution >= 4 is 17.3 Å². The largest absolute Gasteiger partial charge is 0.493 e. The molecule has 0 aliphatic heterocycles. The number of hydrogen-bond acceptors (Lipinski definition) is 4. The lowest BCUT2D eigenvalue weighted by Gasteiger charge is -2.12. The minimum absolute atomic E-state index is 0.00379. The van der Waals surface area contributed by atoms with Crippen molar-refractivity contribution in [3.8, 4) is 11.5 Å². The third kappa shape index (κ3) is 5.12. The second-order valence-electron chi connectivity index (χ2n) is 4.98. The van der Waals surface area contributed by atoms with Crippen LogP contribution in [0.15, 0.2) is 42.5 Å². The van der Waals surface area contributed by atoms with Gasteiger partial charge in [0.05, 0.1) is 7.11 Å². The minimum atomic E-state index is -2.90. The van der Waals surface area contributed by atoms with Crippen molar-refractivity contribution < 1.29 is 23.0 Å². The number of anilines is 2. The first-order valence-corrected chi connectivity index (χ1v) is 7.21. The molecule has 0 aliphatic carbocycles. The summed E-state index contributed by atoms with van der Waals surface area (Å²) in [6.07, 6.45) is 0. The van der Waals surface area contributed by atoms with E-state index in [1.165, 1.54) is 20.1 Å². The molecule has 0 saturated heterocycles. The van der Waals surface area contributed by atoms with E-state index >= 15 is 0 Å². The quantitative estimate of drug-likeness (QED) is 0.806. The van der Waals surface area contributed by atoms with Crippen molar-refractivity contribution in [3.63, 3.8) is 0 Å². The zero-order chi connectivity index (χ0) is 17.5. The topological polar surface area (TPSA) is 59.6 Å². The van der Waals surface area contributed by atoms with Crippen molar-refractivity contribution in [2.45, 2.75) is 20.1 Å². The number of methoxy groups -OCH3 is 1. The van der Waals surface area contributed by atoms with Gasteiger partial charge in [0.2, 0.25) is 5.91 Å². The van der Waals surface area contributed by atoms with E-state index in [0.29, 0.717) is 12.2 Å². The van der Waals surface area contributed by atoms with Crippen LogP contribution >= 0.6 is 0 Å². The van der Waals surface area contributed by atoms with Crippen molar-refractivity contribution in [3.05, 3.63) is 48.0 Å². The fourth-order valence-corrected chi connectivity index (χ4v) is 2.09. The van der Waals surface area contributed by atoms with E-state index in [-0.39, 0.29) is 17.4 Å². The van der Waals surface area contributed by atoms with Gasteiger partial charge in [0.25, 0.3) is 0 Å². The summed E-state index contributed by atoms with van der Waals surface area (Å²) in [5.41, 5.74) is 2.42. The lowest BCUT2D eigenvalue weighted by Crippen LogP contribution is -2.06. The first-order chi connectivity index (χ1) is 11.5. The highest BCUT2D eigenvalue weighted by molar-refractivity contribution is 5.88. The highest BCUT2D eigenvalue weighted by atomic mass is 19.3. The van der Waals surface area contributed by atoms with Gasteiger partial charge in [-0.1, -0.05) is 6.07 Å². The average Bonchev–Trinajstić information content (AvgIpc) is 2.54. The molecule has 0 spiro atoms. The number of ether oxygens (including phenoxy) is 2. The fraction of sp³-hybridized carbons (Fsp3) is 0.235. The Kier molecular flexibility index (Phi) is 5.95. The molecule has 0 bridgehead atoms. The standard InChI is InChI=1S/C17H18F2N2O3/c1-11(22)21-14-6-4-13(5-7-14)20-10-12-3-8-15(24-17(18)19)16(9-12)23-2/h3-9,17,20H,10H2,1-2H3,(H,21,22). The number of rotatable bonds is 7. The third-order valence-corrected chi connectivity index (χ3v) is 3.15. The van der Waals surface area contributed by atoms with Gasteiger partial charge in [0.15, 0.2) is 11.5 Å². The molecule has 0 atom stereocenters. The second-order valence-corrected chi connectivity index (χ2v) is 4.98. The summed E-state index contributed by atoms with van der Waals surface area (Å²) in [5, 5.41) is 5.88. The molecule has 0 fully saturated rings. The number of nitrogens with one attached hydrogen (secondary N) is 2. The highest BCUT2D eigenvalue weighted by Crippen LogP contribution is 2.29. The summed E-state index contributed by atoms with van der Waals surface area (Å²) in [6.45, 7) is -0.976. The zero-order valence-corrected chi connectivity index (χ0v) is 13.3. The molecule has 1 amide bonds. The van der Waals surface area contributed by atoms with Crippen LogP contribution in [-0.4, -0.2) is 19.6 Å². The summed E-state index contributed by atoms with van der Waals surface area (Å²) in [7, 11) is 1.39. The molecule has 7 heteroatoms. The molecule has 0 aromatic heterocycles. The minimum Gasteiger partial charge on any atom is -0.493 e. The molecule has 0 heterocycles. The maximum absolute atomic E-state index is 12.3. The van der Waals surface area contributed by atoms with Gasteiger partial charge in [-0.25, -0.2) is 0 Å². The zero-order valence-electron chi connectivity index (χ0n) is 13.3. The van der Waals surface area contributed by atoms with Gasteiger partial charge in [0.1, 0.15) is 0 Å². The fourth-order valence-electron chi connectivity index (χ4n) is 2.09. The first-order valence-electron chi connectivity index (χ1n) is 7.21. The summed E-state index contributed by atoms with van der Waals surface area (Å²) < 4.78 is 34.1. The van der Waals surface area contributed by atoms with E-state index in [0.717, 1.165) is 11.3 Å². The van der Waals surface area contributed by atoms with E-state index in [1.54, 1.807) is 24.3 Å².